The Hall–Kier alpha value is -2.37. The summed E-state index contributed by atoms with van der Waals surface area (Å²) in [6.45, 7) is 6.68. The van der Waals surface area contributed by atoms with Crippen molar-refractivity contribution in [2.24, 2.45) is 0 Å². The molecule has 0 aromatic rings. The first kappa shape index (κ1) is 71.6. The molecule has 1 unspecified atom stereocenters. The predicted molar refractivity (Wildman–Crippen MR) is 321 cm³/mol. The van der Waals surface area contributed by atoms with E-state index >= 15 is 0 Å². The molecule has 0 N–H and O–H groups in total. The maximum Gasteiger partial charge on any atom is 0.306 e. The van der Waals surface area contributed by atoms with Crippen LogP contribution in [-0.4, -0.2) is 37.2 Å². The van der Waals surface area contributed by atoms with Crippen molar-refractivity contribution in [3.8, 4) is 0 Å². The predicted octanol–water partition coefficient (Wildman–Crippen LogP) is 22.4. The van der Waals surface area contributed by atoms with Crippen molar-refractivity contribution in [2.75, 3.05) is 13.2 Å². The Bertz CT molecular complexity index is 1240. The zero-order valence-electron chi connectivity index (χ0n) is 49.9. The zero-order chi connectivity index (χ0) is 53.6. The van der Waals surface area contributed by atoms with Crippen LogP contribution in [0, 0.1) is 0 Å². The molecule has 6 heteroatoms. The second-order valence-electron chi connectivity index (χ2n) is 22.4. The minimum atomic E-state index is -0.772. The van der Waals surface area contributed by atoms with E-state index in [1.54, 1.807) is 0 Å². The molecule has 434 valence electrons. The average Bonchev–Trinajstić information content (AvgIpc) is 3.40. The smallest absolute Gasteiger partial charge is 0.306 e. The molecule has 0 amide bonds. The molecule has 6 nitrogen and oxygen atoms in total. The number of carbonyl (C=O) groups excluding carboxylic acids is 3. The van der Waals surface area contributed by atoms with Gasteiger partial charge in [0, 0.05) is 19.3 Å². The number of unbranched alkanes of at least 4 members (excludes halogenated alkanes) is 44. The van der Waals surface area contributed by atoms with E-state index in [1.807, 2.05) is 0 Å². The third kappa shape index (κ3) is 60.5. The van der Waals surface area contributed by atoms with E-state index in [1.165, 1.54) is 257 Å². The van der Waals surface area contributed by atoms with Gasteiger partial charge in [-0.05, 0) is 77.0 Å². The van der Waals surface area contributed by atoms with E-state index in [9.17, 15) is 14.4 Å². The van der Waals surface area contributed by atoms with Gasteiger partial charge in [0.1, 0.15) is 13.2 Å². The molecular formula is C68H126O6. The number of allylic oxidation sites excluding steroid dienone is 6. The molecule has 0 heterocycles. The van der Waals surface area contributed by atoms with Gasteiger partial charge in [-0.15, -0.1) is 0 Å². The van der Waals surface area contributed by atoms with E-state index in [4.69, 9.17) is 14.2 Å². The van der Waals surface area contributed by atoms with Gasteiger partial charge < -0.3 is 14.2 Å². The van der Waals surface area contributed by atoms with Crippen molar-refractivity contribution in [3.05, 3.63) is 36.5 Å². The lowest BCUT2D eigenvalue weighted by Crippen LogP contribution is -2.30. The lowest BCUT2D eigenvalue weighted by molar-refractivity contribution is -0.167. The number of hydrogen-bond acceptors (Lipinski definition) is 6. The van der Waals surface area contributed by atoms with Crippen LogP contribution >= 0.6 is 0 Å². The Labute approximate surface area is 461 Å². The fourth-order valence-corrected chi connectivity index (χ4v) is 9.88. The molecule has 0 aliphatic heterocycles. The zero-order valence-corrected chi connectivity index (χ0v) is 49.9. The number of esters is 3. The number of hydrogen-bond donors (Lipinski definition) is 0. The van der Waals surface area contributed by atoms with Crippen LogP contribution in [0.2, 0.25) is 0 Å². The highest BCUT2D eigenvalue weighted by molar-refractivity contribution is 5.71. The molecule has 0 aliphatic rings. The molecule has 0 bridgehead atoms. The van der Waals surface area contributed by atoms with Gasteiger partial charge in [0.15, 0.2) is 6.10 Å². The number of rotatable bonds is 61. The van der Waals surface area contributed by atoms with Gasteiger partial charge in [-0.25, -0.2) is 0 Å². The molecule has 0 aromatic carbocycles. The molecular weight excluding hydrogens is 913 g/mol. The van der Waals surface area contributed by atoms with Gasteiger partial charge in [-0.2, -0.15) is 0 Å². The molecule has 1 atom stereocenters. The monoisotopic (exact) mass is 1040 g/mol. The van der Waals surface area contributed by atoms with Gasteiger partial charge in [0.2, 0.25) is 0 Å². The molecule has 0 aromatic heterocycles. The van der Waals surface area contributed by atoms with Crippen molar-refractivity contribution < 1.29 is 28.6 Å². The first-order valence-corrected chi connectivity index (χ1v) is 33.0. The molecule has 0 spiro atoms. The van der Waals surface area contributed by atoms with Crippen LogP contribution in [0.25, 0.3) is 0 Å². The Morgan fingerprint density at radius 3 is 0.757 bits per heavy atom. The van der Waals surface area contributed by atoms with Crippen LogP contribution in [0.4, 0.5) is 0 Å². The Morgan fingerprint density at radius 1 is 0.270 bits per heavy atom. The summed E-state index contributed by atoms with van der Waals surface area (Å²) in [7, 11) is 0. The molecule has 74 heavy (non-hydrogen) atoms. The Morgan fingerprint density at radius 2 is 0.486 bits per heavy atom. The summed E-state index contributed by atoms with van der Waals surface area (Å²) in [6.07, 6.45) is 77.2. The van der Waals surface area contributed by atoms with E-state index in [2.05, 4.69) is 57.2 Å². The van der Waals surface area contributed by atoms with Crippen LogP contribution < -0.4 is 0 Å². The molecule has 0 radical (unpaired) electrons. The summed E-state index contributed by atoms with van der Waals surface area (Å²) in [4.78, 5) is 38.3. The highest BCUT2D eigenvalue weighted by Crippen LogP contribution is 2.17. The highest BCUT2D eigenvalue weighted by atomic mass is 16.6. The minimum Gasteiger partial charge on any atom is -0.462 e. The molecule has 0 fully saturated rings. The quantitative estimate of drug-likeness (QED) is 0.0261. The second-order valence-corrected chi connectivity index (χ2v) is 22.4. The summed E-state index contributed by atoms with van der Waals surface area (Å²) < 4.78 is 16.9. The third-order valence-corrected chi connectivity index (χ3v) is 14.9. The van der Waals surface area contributed by atoms with Gasteiger partial charge in [0.05, 0.1) is 0 Å². The summed E-state index contributed by atoms with van der Waals surface area (Å²) >= 11 is 0. The summed E-state index contributed by atoms with van der Waals surface area (Å²) in [5, 5.41) is 0. The Kier molecular flexibility index (Phi) is 61.1. The minimum absolute atomic E-state index is 0.0690. The highest BCUT2D eigenvalue weighted by Gasteiger charge is 2.19. The topological polar surface area (TPSA) is 78.9 Å². The van der Waals surface area contributed by atoms with Gasteiger partial charge >= 0.3 is 17.9 Å². The van der Waals surface area contributed by atoms with E-state index in [-0.39, 0.29) is 31.1 Å². The van der Waals surface area contributed by atoms with Crippen LogP contribution in [-0.2, 0) is 28.6 Å². The van der Waals surface area contributed by atoms with Gasteiger partial charge in [0.25, 0.3) is 0 Å². The average molecular weight is 1040 g/mol. The normalized spacial score (nSPS) is 12.2. The summed E-state index contributed by atoms with van der Waals surface area (Å²) in [6, 6.07) is 0. The van der Waals surface area contributed by atoms with Crippen molar-refractivity contribution >= 4 is 17.9 Å². The van der Waals surface area contributed by atoms with E-state index in [0.29, 0.717) is 19.3 Å². The van der Waals surface area contributed by atoms with Crippen LogP contribution in [0.3, 0.4) is 0 Å². The van der Waals surface area contributed by atoms with Crippen molar-refractivity contribution in [1.29, 1.82) is 0 Å². The van der Waals surface area contributed by atoms with Crippen molar-refractivity contribution in [3.63, 3.8) is 0 Å². The fraction of sp³-hybridized carbons (Fsp3) is 0.868. The summed E-state index contributed by atoms with van der Waals surface area (Å²) in [5.74, 6) is -0.849. The first-order chi connectivity index (χ1) is 36.5. The summed E-state index contributed by atoms with van der Waals surface area (Å²) in [5.41, 5.74) is 0. The van der Waals surface area contributed by atoms with Crippen molar-refractivity contribution in [2.45, 2.75) is 367 Å². The molecule has 0 rings (SSSR count). The number of carbonyl (C=O) groups is 3. The van der Waals surface area contributed by atoms with E-state index in [0.717, 1.165) is 64.2 Å². The molecule has 0 saturated heterocycles. The second kappa shape index (κ2) is 63.2. The maximum atomic E-state index is 12.9. The maximum absolute atomic E-state index is 12.9. The first-order valence-electron chi connectivity index (χ1n) is 33.0. The lowest BCUT2D eigenvalue weighted by atomic mass is 10.0. The lowest BCUT2D eigenvalue weighted by Gasteiger charge is -2.18. The van der Waals surface area contributed by atoms with Crippen LogP contribution in [0.1, 0.15) is 361 Å². The molecule has 0 saturated carbocycles. The van der Waals surface area contributed by atoms with Crippen LogP contribution in [0.5, 0.6) is 0 Å². The van der Waals surface area contributed by atoms with Crippen molar-refractivity contribution in [1.82, 2.24) is 0 Å². The number of ether oxygens (including phenoxy) is 3. The van der Waals surface area contributed by atoms with Gasteiger partial charge in [-0.3, -0.25) is 14.4 Å². The SMILES string of the molecule is CCCCCCC/C=C\C/C=C\CCCCCCCCCCCCCC(=O)OCC(COC(=O)CCCCCCCCCCCCCC)OC(=O)CCCCCCCCCCC/C=C\CCCCCCCCCC. The molecule has 0 aliphatic carbocycles. The Balaban J connectivity index is 4.26. The largest absolute Gasteiger partial charge is 0.462 e. The third-order valence-electron chi connectivity index (χ3n) is 14.9. The van der Waals surface area contributed by atoms with Gasteiger partial charge in [-0.1, -0.05) is 301 Å². The van der Waals surface area contributed by atoms with E-state index < -0.39 is 6.10 Å². The van der Waals surface area contributed by atoms with Crippen LogP contribution in [0.15, 0.2) is 36.5 Å². The standard InChI is InChI=1S/C68H126O6/c1-4-7-10-13-16-19-22-25-27-29-31-33-34-36-37-39-41-43-46-49-52-55-58-61-67(70)73-64-65(63-72-66(69)60-57-54-51-48-45-24-21-18-15-12-9-6-3)74-68(71)62-59-56-53-50-47-44-42-40-38-35-32-30-28-26-23-20-17-14-11-8-5-2/h22,25,29-32,65H,4-21,23-24,26-28,33-64H2,1-3H3/b25-22-,31-29-,32-30-. The fourth-order valence-electron chi connectivity index (χ4n) is 9.88.